The van der Waals surface area contributed by atoms with Crippen LogP contribution in [-0.4, -0.2) is 16.6 Å². The van der Waals surface area contributed by atoms with Crippen molar-refractivity contribution in [2.75, 3.05) is 17.7 Å². The second-order valence-electron chi connectivity index (χ2n) is 4.73. The zero-order valence-electron chi connectivity index (χ0n) is 12.5. The van der Waals surface area contributed by atoms with Crippen LogP contribution in [0.5, 0.6) is 0 Å². The van der Waals surface area contributed by atoms with Crippen LogP contribution in [0, 0.1) is 0 Å². The first-order valence-corrected chi connectivity index (χ1v) is 8.12. The van der Waals surface area contributed by atoms with E-state index >= 15 is 0 Å². The van der Waals surface area contributed by atoms with Gasteiger partial charge in [-0.2, -0.15) is 0 Å². The van der Waals surface area contributed by atoms with Gasteiger partial charge in [0.05, 0.1) is 6.04 Å². The first-order chi connectivity index (χ1) is 10.2. The highest BCUT2D eigenvalue weighted by atomic mass is 32.1. The summed E-state index contributed by atoms with van der Waals surface area (Å²) < 4.78 is 5.35. The smallest absolute Gasteiger partial charge is 0.158 e. The van der Waals surface area contributed by atoms with Crippen molar-refractivity contribution < 1.29 is 4.74 Å². The van der Waals surface area contributed by atoms with E-state index in [1.54, 1.807) is 17.4 Å². The van der Waals surface area contributed by atoms with E-state index in [-0.39, 0.29) is 6.04 Å². The van der Waals surface area contributed by atoms with Gasteiger partial charge in [0.2, 0.25) is 0 Å². The van der Waals surface area contributed by atoms with Gasteiger partial charge in [-0.1, -0.05) is 19.4 Å². The molecule has 5 nitrogen and oxygen atoms in total. The Kier molecular flexibility index (Phi) is 5.95. The second-order valence-corrected chi connectivity index (χ2v) is 5.71. The van der Waals surface area contributed by atoms with Gasteiger partial charge in [-0.3, -0.25) is 0 Å². The maximum Gasteiger partial charge on any atom is 0.158 e. The molecule has 0 aliphatic rings. The standard InChI is InChI=1S/C15H22N4OS/c1-3-6-11(12-7-5-8-21-12)17-14-9-13(16)18-15(19-14)10-20-4-2/h5,7-9,11H,3-4,6,10H2,1-2H3,(H3,16,17,18,19). The number of ether oxygens (including phenoxy) is 1. The summed E-state index contributed by atoms with van der Waals surface area (Å²) in [7, 11) is 0. The number of anilines is 2. The summed E-state index contributed by atoms with van der Waals surface area (Å²) in [6.07, 6.45) is 2.15. The van der Waals surface area contributed by atoms with Crippen molar-refractivity contribution in [3.63, 3.8) is 0 Å². The molecule has 0 amide bonds. The van der Waals surface area contributed by atoms with Crippen LogP contribution in [-0.2, 0) is 11.3 Å². The lowest BCUT2D eigenvalue weighted by molar-refractivity contribution is 0.128. The van der Waals surface area contributed by atoms with Crippen LogP contribution in [0.4, 0.5) is 11.6 Å². The number of thiophene rings is 1. The number of nitrogens with one attached hydrogen (secondary N) is 1. The average molecular weight is 306 g/mol. The topological polar surface area (TPSA) is 73.1 Å². The van der Waals surface area contributed by atoms with E-state index < -0.39 is 0 Å². The van der Waals surface area contributed by atoms with Crippen molar-refractivity contribution in [2.45, 2.75) is 39.3 Å². The van der Waals surface area contributed by atoms with Crippen LogP contribution < -0.4 is 11.1 Å². The molecule has 0 bridgehead atoms. The minimum Gasteiger partial charge on any atom is -0.384 e. The number of nitrogen functional groups attached to an aromatic ring is 1. The quantitative estimate of drug-likeness (QED) is 0.779. The highest BCUT2D eigenvalue weighted by Crippen LogP contribution is 2.27. The van der Waals surface area contributed by atoms with Gasteiger partial charge in [0.15, 0.2) is 5.82 Å². The van der Waals surface area contributed by atoms with Crippen LogP contribution in [0.15, 0.2) is 23.6 Å². The highest BCUT2D eigenvalue weighted by molar-refractivity contribution is 7.10. The Hall–Kier alpha value is -1.66. The number of hydrogen-bond donors (Lipinski definition) is 2. The molecule has 0 saturated carbocycles. The molecule has 2 heterocycles. The summed E-state index contributed by atoms with van der Waals surface area (Å²) in [6.45, 7) is 5.14. The Morgan fingerprint density at radius 2 is 2.24 bits per heavy atom. The van der Waals surface area contributed by atoms with Gasteiger partial charge in [0, 0.05) is 17.6 Å². The molecule has 0 radical (unpaired) electrons. The van der Waals surface area contributed by atoms with Gasteiger partial charge in [0.1, 0.15) is 18.2 Å². The zero-order valence-corrected chi connectivity index (χ0v) is 13.3. The molecule has 2 aromatic heterocycles. The van der Waals surface area contributed by atoms with E-state index in [1.165, 1.54) is 4.88 Å². The predicted octanol–water partition coefficient (Wildman–Crippen LogP) is 3.61. The largest absolute Gasteiger partial charge is 0.384 e. The highest BCUT2D eigenvalue weighted by Gasteiger charge is 2.13. The lowest BCUT2D eigenvalue weighted by Crippen LogP contribution is -2.12. The fourth-order valence-corrected chi connectivity index (χ4v) is 2.90. The van der Waals surface area contributed by atoms with Crippen LogP contribution in [0.1, 0.15) is 43.4 Å². The molecule has 1 atom stereocenters. The molecule has 0 fully saturated rings. The minimum atomic E-state index is 0.254. The lowest BCUT2D eigenvalue weighted by atomic mass is 10.1. The molecule has 6 heteroatoms. The van der Waals surface area contributed by atoms with Crippen molar-refractivity contribution in [1.29, 1.82) is 0 Å². The predicted molar refractivity (Wildman–Crippen MR) is 87.4 cm³/mol. The molecule has 2 rings (SSSR count). The molecule has 2 aromatic rings. The molecule has 21 heavy (non-hydrogen) atoms. The Bertz CT molecular complexity index is 545. The zero-order chi connectivity index (χ0) is 15.1. The lowest BCUT2D eigenvalue weighted by Gasteiger charge is -2.18. The summed E-state index contributed by atoms with van der Waals surface area (Å²) in [5, 5.41) is 5.56. The number of nitrogens with zero attached hydrogens (tertiary/aromatic N) is 2. The number of rotatable bonds is 8. The number of nitrogens with two attached hydrogens (primary N) is 1. The van der Waals surface area contributed by atoms with Crippen LogP contribution in [0.25, 0.3) is 0 Å². The first kappa shape index (κ1) is 15.7. The van der Waals surface area contributed by atoms with Crippen molar-refractivity contribution in [3.8, 4) is 0 Å². The summed E-state index contributed by atoms with van der Waals surface area (Å²) in [5.74, 6) is 1.83. The normalized spacial score (nSPS) is 12.3. The molecule has 0 aliphatic carbocycles. The molecule has 0 aliphatic heterocycles. The Morgan fingerprint density at radius 3 is 2.90 bits per heavy atom. The molecule has 0 aromatic carbocycles. The summed E-state index contributed by atoms with van der Waals surface area (Å²) >= 11 is 1.75. The van der Waals surface area contributed by atoms with E-state index in [0.29, 0.717) is 24.9 Å². The third-order valence-corrected chi connectivity index (χ3v) is 4.00. The van der Waals surface area contributed by atoms with E-state index in [2.05, 4.69) is 39.7 Å². The molecular weight excluding hydrogens is 284 g/mol. The van der Waals surface area contributed by atoms with Gasteiger partial charge in [-0.15, -0.1) is 11.3 Å². The van der Waals surface area contributed by atoms with Crippen LogP contribution >= 0.6 is 11.3 Å². The van der Waals surface area contributed by atoms with Gasteiger partial charge < -0.3 is 15.8 Å². The minimum absolute atomic E-state index is 0.254. The average Bonchev–Trinajstić information content (AvgIpc) is 2.98. The number of hydrogen-bond acceptors (Lipinski definition) is 6. The number of aromatic nitrogens is 2. The Labute approximate surface area is 129 Å². The summed E-state index contributed by atoms with van der Waals surface area (Å²) in [4.78, 5) is 9.98. The maximum atomic E-state index is 5.86. The van der Waals surface area contributed by atoms with Gasteiger partial charge in [-0.05, 0) is 24.8 Å². The summed E-state index contributed by atoms with van der Waals surface area (Å²) in [6, 6.07) is 6.23. The van der Waals surface area contributed by atoms with Crippen molar-refractivity contribution in [1.82, 2.24) is 9.97 Å². The third-order valence-electron chi connectivity index (χ3n) is 3.01. The van der Waals surface area contributed by atoms with Crippen molar-refractivity contribution in [3.05, 3.63) is 34.3 Å². The van der Waals surface area contributed by atoms with Gasteiger partial charge >= 0.3 is 0 Å². The Balaban J connectivity index is 2.14. The van der Waals surface area contributed by atoms with Gasteiger partial charge in [0.25, 0.3) is 0 Å². The molecule has 114 valence electrons. The first-order valence-electron chi connectivity index (χ1n) is 7.24. The Morgan fingerprint density at radius 1 is 1.38 bits per heavy atom. The third kappa shape index (κ3) is 4.68. The van der Waals surface area contributed by atoms with Crippen LogP contribution in [0.2, 0.25) is 0 Å². The van der Waals surface area contributed by atoms with Crippen LogP contribution in [0.3, 0.4) is 0 Å². The fourth-order valence-electron chi connectivity index (χ4n) is 2.09. The SMILES string of the molecule is CCCC(Nc1cc(N)nc(COCC)n1)c1cccs1. The molecule has 3 N–H and O–H groups in total. The molecular formula is C15H22N4OS. The van der Waals surface area contributed by atoms with Crippen molar-refractivity contribution >= 4 is 23.0 Å². The second kappa shape index (κ2) is 7.95. The molecule has 0 saturated heterocycles. The van der Waals surface area contributed by atoms with E-state index in [0.717, 1.165) is 18.7 Å². The molecule has 1 unspecified atom stereocenters. The maximum absolute atomic E-state index is 5.86. The van der Waals surface area contributed by atoms with E-state index in [4.69, 9.17) is 10.5 Å². The van der Waals surface area contributed by atoms with E-state index in [1.807, 2.05) is 6.92 Å². The summed E-state index contributed by atoms with van der Waals surface area (Å²) in [5.41, 5.74) is 5.86. The van der Waals surface area contributed by atoms with Crippen molar-refractivity contribution in [2.24, 2.45) is 0 Å². The fraction of sp³-hybridized carbons (Fsp3) is 0.467. The monoisotopic (exact) mass is 306 g/mol. The van der Waals surface area contributed by atoms with Gasteiger partial charge in [-0.25, -0.2) is 9.97 Å². The van der Waals surface area contributed by atoms with E-state index in [9.17, 15) is 0 Å². The molecule has 0 spiro atoms.